The molecule has 22 heavy (non-hydrogen) atoms. The van der Waals surface area contributed by atoms with Gasteiger partial charge in [0.25, 0.3) is 0 Å². The summed E-state index contributed by atoms with van der Waals surface area (Å²) in [4.78, 5) is 0. The summed E-state index contributed by atoms with van der Waals surface area (Å²) in [6.07, 6.45) is 0.858. The first-order chi connectivity index (χ1) is 10.2. The van der Waals surface area contributed by atoms with Gasteiger partial charge in [0.1, 0.15) is 11.5 Å². The Balaban J connectivity index is 2.39. The van der Waals surface area contributed by atoms with Crippen molar-refractivity contribution in [1.82, 2.24) is 0 Å². The van der Waals surface area contributed by atoms with Crippen LogP contribution in [-0.2, 0) is 11.0 Å². The lowest BCUT2D eigenvalue weighted by Gasteiger charge is -2.36. The van der Waals surface area contributed by atoms with E-state index in [1.165, 1.54) is 0 Å². The minimum Gasteiger partial charge on any atom is -0.496 e. The van der Waals surface area contributed by atoms with Gasteiger partial charge in [-0.05, 0) is 30.3 Å². The highest BCUT2D eigenvalue weighted by Gasteiger charge is 2.36. The number of hydrogen-bond donors (Lipinski definition) is 1. The molecule has 0 aliphatic heterocycles. The van der Waals surface area contributed by atoms with Crippen LogP contribution in [0.5, 0.6) is 11.5 Å². The normalized spacial score (nSPS) is 12.3. The van der Waals surface area contributed by atoms with E-state index in [1.54, 1.807) is 13.2 Å². The zero-order valence-corrected chi connectivity index (χ0v) is 15.7. The molecular weight excluding hydrogens is 296 g/mol. The molecular formula is C17H30O4Si. The van der Waals surface area contributed by atoms with Crippen molar-refractivity contribution < 1.29 is 19.0 Å². The van der Waals surface area contributed by atoms with Crippen LogP contribution in [0.15, 0.2) is 18.2 Å². The molecule has 0 aliphatic rings. The lowest BCUT2D eigenvalue weighted by atomic mass is 10.2. The number of aliphatic hydroxyl groups is 1. The van der Waals surface area contributed by atoms with Crippen LogP contribution in [0, 0.1) is 0 Å². The first-order valence-corrected chi connectivity index (χ1v) is 10.7. The van der Waals surface area contributed by atoms with Crippen LogP contribution < -0.4 is 9.47 Å². The van der Waals surface area contributed by atoms with E-state index in [0.717, 1.165) is 24.3 Å². The van der Waals surface area contributed by atoms with E-state index in [1.807, 2.05) is 12.1 Å². The third kappa shape index (κ3) is 5.30. The predicted molar refractivity (Wildman–Crippen MR) is 92.2 cm³/mol. The van der Waals surface area contributed by atoms with E-state index < -0.39 is 8.32 Å². The number of hydrogen-bond acceptors (Lipinski definition) is 4. The lowest BCUT2D eigenvalue weighted by Crippen LogP contribution is -2.41. The minimum absolute atomic E-state index is 0.0379. The number of methoxy groups -OCH3 is 1. The van der Waals surface area contributed by atoms with E-state index >= 15 is 0 Å². The quantitative estimate of drug-likeness (QED) is 0.580. The first-order valence-electron chi connectivity index (χ1n) is 7.76. The molecule has 0 amide bonds. The fourth-order valence-electron chi connectivity index (χ4n) is 1.74. The van der Waals surface area contributed by atoms with Crippen molar-refractivity contribution >= 4 is 8.32 Å². The molecule has 0 heterocycles. The molecule has 1 N–H and O–H groups in total. The minimum atomic E-state index is -1.66. The van der Waals surface area contributed by atoms with Crippen molar-refractivity contribution in [2.45, 2.75) is 51.9 Å². The molecule has 1 aromatic carbocycles. The molecule has 1 aromatic rings. The van der Waals surface area contributed by atoms with Crippen molar-refractivity contribution in [3.05, 3.63) is 23.8 Å². The van der Waals surface area contributed by atoms with Gasteiger partial charge in [0, 0.05) is 24.7 Å². The van der Waals surface area contributed by atoms with Gasteiger partial charge in [0.2, 0.25) is 0 Å². The van der Waals surface area contributed by atoms with Gasteiger partial charge in [-0.3, -0.25) is 0 Å². The van der Waals surface area contributed by atoms with Crippen molar-refractivity contribution in [3.8, 4) is 11.5 Å². The second-order valence-electron chi connectivity index (χ2n) is 6.94. The number of ether oxygens (including phenoxy) is 2. The highest BCUT2D eigenvalue weighted by molar-refractivity contribution is 6.74. The van der Waals surface area contributed by atoms with E-state index in [4.69, 9.17) is 13.9 Å². The molecule has 4 nitrogen and oxygen atoms in total. The van der Waals surface area contributed by atoms with Crippen LogP contribution in [0.1, 0.15) is 32.8 Å². The van der Waals surface area contributed by atoms with Gasteiger partial charge in [0.15, 0.2) is 8.32 Å². The van der Waals surface area contributed by atoms with Crippen molar-refractivity contribution in [3.63, 3.8) is 0 Å². The first kappa shape index (κ1) is 19.0. The summed E-state index contributed by atoms with van der Waals surface area (Å²) in [5.41, 5.74) is 0.760. The van der Waals surface area contributed by atoms with Gasteiger partial charge in [0.05, 0.1) is 20.3 Å². The molecule has 126 valence electrons. The average molecular weight is 327 g/mol. The van der Waals surface area contributed by atoms with E-state index in [2.05, 4.69) is 33.9 Å². The molecule has 0 fully saturated rings. The van der Waals surface area contributed by atoms with Gasteiger partial charge >= 0.3 is 0 Å². The summed E-state index contributed by atoms with van der Waals surface area (Å²) < 4.78 is 17.1. The van der Waals surface area contributed by atoms with E-state index in [9.17, 15) is 5.11 Å². The van der Waals surface area contributed by atoms with Crippen LogP contribution in [0.4, 0.5) is 0 Å². The molecule has 0 aromatic heterocycles. The van der Waals surface area contributed by atoms with Gasteiger partial charge in [-0.1, -0.05) is 20.8 Å². The zero-order valence-electron chi connectivity index (χ0n) is 14.7. The van der Waals surface area contributed by atoms with Gasteiger partial charge in [-0.2, -0.15) is 0 Å². The highest BCUT2D eigenvalue weighted by Crippen LogP contribution is 2.36. The van der Waals surface area contributed by atoms with Crippen LogP contribution in [0.25, 0.3) is 0 Å². The van der Waals surface area contributed by atoms with Crippen LogP contribution in [-0.4, -0.2) is 33.7 Å². The highest BCUT2D eigenvalue weighted by atomic mass is 28.4. The Kier molecular flexibility index (Phi) is 6.90. The Morgan fingerprint density at radius 1 is 1.14 bits per heavy atom. The molecule has 0 spiro atoms. The molecule has 0 atom stereocenters. The summed E-state index contributed by atoms with van der Waals surface area (Å²) in [5.74, 6) is 1.40. The summed E-state index contributed by atoms with van der Waals surface area (Å²) >= 11 is 0. The van der Waals surface area contributed by atoms with Gasteiger partial charge < -0.3 is 19.0 Å². The van der Waals surface area contributed by atoms with Crippen molar-refractivity contribution in [2.75, 3.05) is 20.3 Å². The fourth-order valence-corrected chi connectivity index (χ4v) is 2.83. The molecule has 0 unspecified atom stereocenters. The van der Waals surface area contributed by atoms with E-state index in [0.29, 0.717) is 12.4 Å². The summed E-state index contributed by atoms with van der Waals surface area (Å²) in [5, 5.41) is 9.43. The maximum atomic E-state index is 9.19. The molecule has 0 saturated heterocycles. The van der Waals surface area contributed by atoms with Crippen LogP contribution in [0.3, 0.4) is 0 Å². The molecule has 0 radical (unpaired) electrons. The Labute approximate surface area is 135 Å². The Bertz CT molecular complexity index is 466. The Hall–Kier alpha value is -1.04. The van der Waals surface area contributed by atoms with E-state index in [-0.39, 0.29) is 11.6 Å². The largest absolute Gasteiger partial charge is 0.496 e. The fraction of sp³-hybridized carbons (Fsp3) is 0.647. The maximum Gasteiger partial charge on any atom is 0.191 e. The molecule has 5 heteroatoms. The predicted octanol–water partition coefficient (Wildman–Crippen LogP) is 3.98. The van der Waals surface area contributed by atoms with Crippen molar-refractivity contribution in [2.24, 2.45) is 0 Å². The second kappa shape index (κ2) is 7.99. The third-order valence-electron chi connectivity index (χ3n) is 4.26. The summed E-state index contributed by atoms with van der Waals surface area (Å²) in [6.45, 7) is 12.5. The van der Waals surface area contributed by atoms with Gasteiger partial charge in [-0.25, -0.2) is 0 Å². The number of aliphatic hydroxyl groups excluding tert-OH is 1. The topological polar surface area (TPSA) is 47.9 Å². The van der Waals surface area contributed by atoms with Crippen LogP contribution in [0.2, 0.25) is 18.1 Å². The second-order valence-corrected chi connectivity index (χ2v) is 11.8. The molecule has 0 saturated carbocycles. The SMILES string of the molecule is COc1cc(OCCCO[Si](C)(C)C(C)(C)C)ccc1CO. The van der Waals surface area contributed by atoms with Crippen molar-refractivity contribution in [1.29, 1.82) is 0 Å². The monoisotopic (exact) mass is 326 g/mol. The maximum absolute atomic E-state index is 9.19. The molecule has 1 rings (SSSR count). The average Bonchev–Trinajstić information content (AvgIpc) is 2.45. The molecule has 0 bridgehead atoms. The smallest absolute Gasteiger partial charge is 0.191 e. The Morgan fingerprint density at radius 3 is 2.36 bits per heavy atom. The third-order valence-corrected chi connectivity index (χ3v) is 8.79. The zero-order chi connectivity index (χ0) is 16.8. The van der Waals surface area contributed by atoms with Gasteiger partial charge in [-0.15, -0.1) is 0 Å². The number of benzene rings is 1. The summed E-state index contributed by atoms with van der Waals surface area (Å²) in [7, 11) is -0.0760. The van der Waals surface area contributed by atoms with Crippen LogP contribution >= 0.6 is 0 Å². The molecule has 0 aliphatic carbocycles. The lowest BCUT2D eigenvalue weighted by molar-refractivity contribution is 0.233. The Morgan fingerprint density at radius 2 is 1.82 bits per heavy atom. The number of rotatable bonds is 8. The summed E-state index contributed by atoms with van der Waals surface area (Å²) in [6, 6.07) is 5.48. The standard InChI is InChI=1S/C17H30O4Si/c1-17(2,3)22(5,6)21-11-7-10-20-15-9-8-14(13-18)16(12-15)19-4/h8-9,12,18H,7,10-11,13H2,1-6H3.